The number of ether oxygens (including phenoxy) is 1. The van der Waals surface area contributed by atoms with Gasteiger partial charge in [0.15, 0.2) is 0 Å². The number of hydrogen-bond donors (Lipinski definition) is 2. The molecule has 2 aromatic carbocycles. The Morgan fingerprint density at radius 2 is 1.68 bits per heavy atom. The molecule has 0 aromatic heterocycles. The zero-order valence-corrected chi connectivity index (χ0v) is 19.7. The molecule has 0 radical (unpaired) electrons. The lowest BCUT2D eigenvalue weighted by Crippen LogP contribution is -2.51. The average Bonchev–Trinajstić information content (AvgIpc) is 3.13. The third kappa shape index (κ3) is 5.84. The molecule has 1 aliphatic carbocycles. The number of benzene rings is 2. The van der Waals surface area contributed by atoms with Gasteiger partial charge in [-0.3, -0.25) is 9.59 Å². The minimum Gasteiger partial charge on any atom is -0.481 e. The van der Waals surface area contributed by atoms with Crippen molar-refractivity contribution in [1.29, 1.82) is 0 Å². The lowest BCUT2D eigenvalue weighted by atomic mass is 9.98. The van der Waals surface area contributed by atoms with Crippen LogP contribution in [0.5, 0.6) is 0 Å². The zero-order chi connectivity index (χ0) is 24.7. The Hall–Kier alpha value is -3.61. The second-order valence-electron chi connectivity index (χ2n) is 8.67. The van der Waals surface area contributed by atoms with E-state index in [9.17, 15) is 14.4 Å². The van der Waals surface area contributed by atoms with Crippen LogP contribution in [0, 0.1) is 0 Å². The van der Waals surface area contributed by atoms with Crippen molar-refractivity contribution in [2.24, 2.45) is 0 Å². The number of alkyl carbamates (subject to hydrolysis) is 1. The number of carboxylic acid groups (broad SMARTS) is 1. The van der Waals surface area contributed by atoms with Crippen LogP contribution < -0.4 is 5.32 Å². The van der Waals surface area contributed by atoms with Crippen molar-refractivity contribution >= 4 is 18.0 Å². The summed E-state index contributed by atoms with van der Waals surface area (Å²) in [6.45, 7) is 7.86. The van der Waals surface area contributed by atoms with E-state index in [4.69, 9.17) is 9.84 Å². The molecule has 0 saturated heterocycles. The summed E-state index contributed by atoms with van der Waals surface area (Å²) in [6.07, 6.45) is 1.46. The fraction of sp³-hybridized carbons (Fsp3) is 0.370. The first kappa shape index (κ1) is 25.0. The molecule has 0 aliphatic heterocycles. The number of fused-ring (bicyclic) bond motifs is 3. The summed E-state index contributed by atoms with van der Waals surface area (Å²) in [5, 5.41) is 11.6. The van der Waals surface area contributed by atoms with Gasteiger partial charge in [-0.2, -0.15) is 0 Å². The number of carbonyl (C=O) groups excluding carboxylic acids is 2. The highest BCUT2D eigenvalue weighted by Crippen LogP contribution is 2.44. The third-order valence-corrected chi connectivity index (χ3v) is 6.03. The van der Waals surface area contributed by atoms with Crippen LogP contribution in [0.4, 0.5) is 4.79 Å². The molecule has 1 atom stereocenters. The molecule has 0 saturated carbocycles. The number of amides is 2. The molecule has 0 bridgehead atoms. The maximum Gasteiger partial charge on any atom is 0.407 e. The summed E-state index contributed by atoms with van der Waals surface area (Å²) in [5.74, 6) is -1.26. The Morgan fingerprint density at radius 3 is 2.21 bits per heavy atom. The molecule has 0 spiro atoms. The lowest BCUT2D eigenvalue weighted by molar-refractivity contribution is -0.139. The highest BCUT2D eigenvalue weighted by Gasteiger charge is 2.31. The van der Waals surface area contributed by atoms with Gasteiger partial charge in [0.05, 0.1) is 0 Å². The summed E-state index contributed by atoms with van der Waals surface area (Å²) >= 11 is 0. The van der Waals surface area contributed by atoms with Crippen molar-refractivity contribution in [2.45, 2.75) is 51.1 Å². The van der Waals surface area contributed by atoms with Gasteiger partial charge in [-0.15, -0.1) is 6.58 Å². The maximum atomic E-state index is 13.1. The van der Waals surface area contributed by atoms with Crippen LogP contribution in [0.15, 0.2) is 61.2 Å². The van der Waals surface area contributed by atoms with Gasteiger partial charge in [0.2, 0.25) is 5.91 Å². The van der Waals surface area contributed by atoms with Crippen LogP contribution in [0.1, 0.15) is 50.2 Å². The van der Waals surface area contributed by atoms with E-state index in [-0.39, 0.29) is 37.3 Å². The second kappa shape index (κ2) is 11.5. The van der Waals surface area contributed by atoms with E-state index in [0.717, 1.165) is 22.3 Å². The number of nitrogens with one attached hydrogen (secondary N) is 1. The Labute approximate surface area is 200 Å². The Morgan fingerprint density at radius 1 is 1.09 bits per heavy atom. The number of nitrogens with zero attached hydrogens (tertiary/aromatic N) is 1. The van der Waals surface area contributed by atoms with Gasteiger partial charge in [-0.25, -0.2) is 4.79 Å². The van der Waals surface area contributed by atoms with Crippen LogP contribution in [0.25, 0.3) is 11.1 Å². The summed E-state index contributed by atoms with van der Waals surface area (Å²) in [4.78, 5) is 38.3. The molecule has 1 aliphatic rings. The SMILES string of the molecule is C=CCC(NC(=O)OCC1c2ccccc2-c2ccccc21)C(=O)N(CCCC(=O)O)C(C)C. The molecule has 0 heterocycles. The van der Waals surface area contributed by atoms with Crippen LogP contribution in [-0.2, 0) is 14.3 Å². The van der Waals surface area contributed by atoms with Crippen LogP contribution in [0.2, 0.25) is 0 Å². The molecule has 34 heavy (non-hydrogen) atoms. The smallest absolute Gasteiger partial charge is 0.407 e. The molecule has 2 N–H and O–H groups in total. The van der Waals surface area contributed by atoms with Crippen molar-refractivity contribution in [3.05, 3.63) is 72.3 Å². The van der Waals surface area contributed by atoms with E-state index in [1.54, 1.807) is 11.0 Å². The molecule has 2 aromatic rings. The molecule has 180 valence electrons. The first-order valence-electron chi connectivity index (χ1n) is 11.6. The number of carbonyl (C=O) groups is 3. The van der Waals surface area contributed by atoms with Gasteiger partial charge in [0.25, 0.3) is 0 Å². The highest BCUT2D eigenvalue weighted by molar-refractivity contribution is 5.86. The van der Waals surface area contributed by atoms with E-state index < -0.39 is 18.1 Å². The van der Waals surface area contributed by atoms with Crippen molar-refractivity contribution in [2.75, 3.05) is 13.2 Å². The normalized spacial score (nSPS) is 13.0. The van der Waals surface area contributed by atoms with Crippen molar-refractivity contribution < 1.29 is 24.2 Å². The van der Waals surface area contributed by atoms with Gasteiger partial charge in [0, 0.05) is 24.9 Å². The van der Waals surface area contributed by atoms with Crippen LogP contribution >= 0.6 is 0 Å². The van der Waals surface area contributed by atoms with Gasteiger partial charge in [-0.1, -0.05) is 54.6 Å². The van der Waals surface area contributed by atoms with Crippen molar-refractivity contribution in [3.63, 3.8) is 0 Å². The van der Waals surface area contributed by atoms with Crippen LogP contribution in [-0.4, -0.2) is 53.2 Å². The number of hydrogen-bond acceptors (Lipinski definition) is 4. The predicted molar refractivity (Wildman–Crippen MR) is 131 cm³/mol. The van der Waals surface area contributed by atoms with Crippen molar-refractivity contribution in [1.82, 2.24) is 10.2 Å². The van der Waals surface area contributed by atoms with Gasteiger partial charge >= 0.3 is 12.1 Å². The molecule has 0 fully saturated rings. The summed E-state index contributed by atoms with van der Waals surface area (Å²) in [5.41, 5.74) is 4.50. The minimum atomic E-state index is -0.907. The number of rotatable bonds is 11. The van der Waals surface area contributed by atoms with Gasteiger partial charge < -0.3 is 20.1 Å². The largest absolute Gasteiger partial charge is 0.481 e. The quantitative estimate of drug-likeness (QED) is 0.475. The topological polar surface area (TPSA) is 95.9 Å². The van der Waals surface area contributed by atoms with Crippen LogP contribution in [0.3, 0.4) is 0 Å². The van der Waals surface area contributed by atoms with E-state index in [0.29, 0.717) is 13.0 Å². The average molecular weight is 465 g/mol. The Bertz CT molecular complexity index is 1000. The monoisotopic (exact) mass is 464 g/mol. The van der Waals surface area contributed by atoms with Crippen molar-refractivity contribution in [3.8, 4) is 11.1 Å². The maximum absolute atomic E-state index is 13.1. The molecular weight excluding hydrogens is 432 g/mol. The second-order valence-corrected chi connectivity index (χ2v) is 8.67. The number of aliphatic carboxylic acids is 1. The third-order valence-electron chi connectivity index (χ3n) is 6.03. The molecule has 7 heteroatoms. The van der Waals surface area contributed by atoms with E-state index in [1.165, 1.54) is 0 Å². The first-order valence-corrected chi connectivity index (χ1v) is 11.6. The standard InChI is InChI=1S/C27H32N2O5/c1-4-10-24(26(32)29(18(2)3)16-9-15-25(30)31)28-27(33)34-17-23-21-13-7-5-11-19(21)20-12-6-8-14-22(20)23/h4-8,11-14,18,23-24H,1,9-10,15-17H2,2-3H3,(H,28,33)(H,30,31). The summed E-state index contributed by atoms with van der Waals surface area (Å²) in [6, 6.07) is 15.2. The number of carboxylic acids is 1. The minimum absolute atomic E-state index is 0.0254. The molecule has 3 rings (SSSR count). The molecule has 2 amide bonds. The molecule has 7 nitrogen and oxygen atoms in total. The zero-order valence-electron chi connectivity index (χ0n) is 19.7. The molecular formula is C27H32N2O5. The van der Waals surface area contributed by atoms with E-state index in [2.05, 4.69) is 24.0 Å². The Kier molecular flexibility index (Phi) is 8.46. The Balaban J connectivity index is 1.65. The van der Waals surface area contributed by atoms with Gasteiger partial charge in [0.1, 0.15) is 12.6 Å². The predicted octanol–water partition coefficient (Wildman–Crippen LogP) is 4.57. The summed E-state index contributed by atoms with van der Waals surface area (Å²) < 4.78 is 5.59. The highest BCUT2D eigenvalue weighted by atomic mass is 16.5. The van der Waals surface area contributed by atoms with E-state index >= 15 is 0 Å². The van der Waals surface area contributed by atoms with E-state index in [1.807, 2.05) is 50.2 Å². The lowest BCUT2D eigenvalue weighted by Gasteiger charge is -2.30. The molecule has 1 unspecified atom stereocenters. The summed E-state index contributed by atoms with van der Waals surface area (Å²) in [7, 11) is 0. The first-order chi connectivity index (χ1) is 16.3. The van der Waals surface area contributed by atoms with Gasteiger partial charge in [-0.05, 0) is 48.9 Å². The fourth-order valence-corrected chi connectivity index (χ4v) is 4.39. The fourth-order valence-electron chi connectivity index (χ4n) is 4.39.